The number of aryl methyl sites for hydroxylation is 2. The quantitative estimate of drug-likeness (QED) is 0.575. The summed E-state index contributed by atoms with van der Waals surface area (Å²) in [7, 11) is -3.63. The van der Waals surface area contributed by atoms with Gasteiger partial charge in [-0.25, -0.2) is 8.42 Å². The van der Waals surface area contributed by atoms with Crippen LogP contribution < -0.4 is 14.4 Å². The summed E-state index contributed by atoms with van der Waals surface area (Å²) in [6.07, 6.45) is 2.62. The summed E-state index contributed by atoms with van der Waals surface area (Å²) in [5.74, 6) is 0.475. The molecule has 29 heavy (non-hydrogen) atoms. The second-order valence-electron chi connectivity index (χ2n) is 6.73. The molecule has 0 aliphatic heterocycles. The van der Waals surface area contributed by atoms with E-state index in [2.05, 4.69) is 5.32 Å². The lowest BCUT2D eigenvalue weighted by atomic mass is 10.1. The van der Waals surface area contributed by atoms with Crippen molar-refractivity contribution < 1.29 is 17.9 Å². The van der Waals surface area contributed by atoms with Gasteiger partial charge >= 0.3 is 0 Å². The highest BCUT2D eigenvalue weighted by molar-refractivity contribution is 7.92. The van der Waals surface area contributed by atoms with Gasteiger partial charge in [0.25, 0.3) is 0 Å². The van der Waals surface area contributed by atoms with Crippen molar-refractivity contribution >= 4 is 33.2 Å². The molecule has 0 saturated carbocycles. The van der Waals surface area contributed by atoms with Crippen molar-refractivity contribution in [3.63, 3.8) is 0 Å². The summed E-state index contributed by atoms with van der Waals surface area (Å²) in [4.78, 5) is 12.3. The average molecular weight is 439 g/mol. The highest BCUT2D eigenvalue weighted by atomic mass is 35.5. The minimum Gasteiger partial charge on any atom is -0.494 e. The Labute approximate surface area is 177 Å². The Kier molecular flexibility index (Phi) is 8.34. The van der Waals surface area contributed by atoms with Crippen molar-refractivity contribution in [2.75, 3.05) is 30.3 Å². The fourth-order valence-electron chi connectivity index (χ4n) is 2.86. The van der Waals surface area contributed by atoms with Crippen LogP contribution in [0.4, 0.5) is 5.69 Å². The Morgan fingerprint density at radius 1 is 1.17 bits per heavy atom. The zero-order valence-corrected chi connectivity index (χ0v) is 18.5. The van der Waals surface area contributed by atoms with Crippen LogP contribution in [0.3, 0.4) is 0 Å². The summed E-state index contributed by atoms with van der Waals surface area (Å²) in [5.41, 5.74) is 2.28. The van der Waals surface area contributed by atoms with Crippen molar-refractivity contribution in [1.29, 1.82) is 0 Å². The molecule has 8 heteroatoms. The van der Waals surface area contributed by atoms with E-state index in [1.807, 2.05) is 31.2 Å². The van der Waals surface area contributed by atoms with Crippen molar-refractivity contribution in [3.8, 4) is 5.75 Å². The van der Waals surface area contributed by atoms with Gasteiger partial charge in [-0.1, -0.05) is 29.8 Å². The van der Waals surface area contributed by atoms with Gasteiger partial charge in [0.15, 0.2) is 0 Å². The number of carbonyl (C=O) groups is 1. The molecule has 0 unspecified atom stereocenters. The van der Waals surface area contributed by atoms with Crippen molar-refractivity contribution in [3.05, 3.63) is 58.6 Å². The predicted molar refractivity (Wildman–Crippen MR) is 117 cm³/mol. The standard InChI is InChI=1S/C21H27ClN2O4S/c1-4-28-19-11-8-17(9-12-19)6-5-13-23-21(25)15-24(29(3,26)27)20-14-18(22)10-7-16(20)2/h7-12,14H,4-6,13,15H2,1-3H3,(H,23,25). The zero-order valence-electron chi connectivity index (χ0n) is 16.9. The smallest absolute Gasteiger partial charge is 0.240 e. The number of benzene rings is 2. The Hall–Kier alpha value is -2.25. The fraction of sp³-hybridized carbons (Fsp3) is 0.381. The number of ether oxygens (including phenoxy) is 1. The van der Waals surface area contributed by atoms with E-state index < -0.39 is 10.0 Å². The lowest BCUT2D eigenvalue weighted by Gasteiger charge is -2.23. The Morgan fingerprint density at radius 2 is 1.86 bits per heavy atom. The van der Waals surface area contributed by atoms with E-state index in [0.29, 0.717) is 23.9 Å². The first-order chi connectivity index (χ1) is 13.7. The molecule has 0 aliphatic rings. The van der Waals surface area contributed by atoms with E-state index in [9.17, 15) is 13.2 Å². The third-order valence-electron chi connectivity index (χ3n) is 4.33. The van der Waals surface area contributed by atoms with Gasteiger partial charge in [-0.15, -0.1) is 0 Å². The number of amides is 1. The van der Waals surface area contributed by atoms with E-state index in [1.54, 1.807) is 25.1 Å². The van der Waals surface area contributed by atoms with Crippen LogP contribution in [0.2, 0.25) is 5.02 Å². The molecular formula is C21H27ClN2O4S. The number of nitrogens with zero attached hydrogens (tertiary/aromatic N) is 1. The third kappa shape index (κ3) is 7.25. The zero-order chi connectivity index (χ0) is 21.4. The number of sulfonamides is 1. The van der Waals surface area contributed by atoms with Crippen LogP contribution >= 0.6 is 11.6 Å². The van der Waals surface area contributed by atoms with Crippen LogP contribution in [0.25, 0.3) is 0 Å². The van der Waals surface area contributed by atoms with Gasteiger partial charge in [0.2, 0.25) is 15.9 Å². The summed E-state index contributed by atoms with van der Waals surface area (Å²) in [6.45, 7) is 4.51. The molecule has 0 radical (unpaired) electrons. The minimum absolute atomic E-state index is 0.289. The molecule has 0 aromatic heterocycles. The molecule has 0 saturated heterocycles. The van der Waals surface area contributed by atoms with Gasteiger partial charge in [-0.05, 0) is 62.1 Å². The van der Waals surface area contributed by atoms with Crippen LogP contribution in [-0.4, -0.2) is 40.3 Å². The Morgan fingerprint density at radius 3 is 2.48 bits per heavy atom. The summed E-state index contributed by atoms with van der Waals surface area (Å²) in [6, 6.07) is 12.8. The molecule has 0 spiro atoms. The van der Waals surface area contributed by atoms with E-state index in [-0.39, 0.29) is 12.5 Å². The maximum atomic E-state index is 12.3. The largest absolute Gasteiger partial charge is 0.494 e. The first-order valence-corrected chi connectivity index (χ1v) is 11.7. The molecule has 0 bridgehead atoms. The van der Waals surface area contributed by atoms with Gasteiger partial charge in [0.05, 0.1) is 18.6 Å². The second-order valence-corrected chi connectivity index (χ2v) is 9.07. The summed E-state index contributed by atoms with van der Waals surface area (Å²) >= 11 is 6.01. The molecule has 2 aromatic rings. The van der Waals surface area contributed by atoms with Gasteiger partial charge in [0.1, 0.15) is 12.3 Å². The van der Waals surface area contributed by atoms with E-state index in [1.165, 1.54) is 0 Å². The summed E-state index contributed by atoms with van der Waals surface area (Å²) < 4.78 is 30.9. The fourth-order valence-corrected chi connectivity index (χ4v) is 3.93. The normalized spacial score (nSPS) is 11.2. The molecule has 1 N–H and O–H groups in total. The maximum absolute atomic E-state index is 12.3. The lowest BCUT2D eigenvalue weighted by Crippen LogP contribution is -2.41. The average Bonchev–Trinajstić information content (AvgIpc) is 2.66. The predicted octanol–water partition coefficient (Wildman–Crippen LogP) is 3.56. The number of halogens is 1. The van der Waals surface area contributed by atoms with Crippen molar-refractivity contribution in [2.24, 2.45) is 0 Å². The number of hydrogen-bond acceptors (Lipinski definition) is 4. The molecule has 0 aliphatic carbocycles. The third-order valence-corrected chi connectivity index (χ3v) is 5.69. The molecule has 2 aromatic carbocycles. The number of nitrogens with one attached hydrogen (secondary N) is 1. The van der Waals surface area contributed by atoms with Gasteiger partial charge in [0, 0.05) is 11.6 Å². The molecule has 0 fully saturated rings. The van der Waals surface area contributed by atoms with Crippen LogP contribution in [0.5, 0.6) is 5.75 Å². The van der Waals surface area contributed by atoms with Crippen LogP contribution in [0.1, 0.15) is 24.5 Å². The van der Waals surface area contributed by atoms with E-state index in [4.69, 9.17) is 16.3 Å². The highest BCUT2D eigenvalue weighted by Crippen LogP contribution is 2.26. The number of hydrogen-bond donors (Lipinski definition) is 1. The van der Waals surface area contributed by atoms with Crippen LogP contribution in [0, 0.1) is 6.92 Å². The van der Waals surface area contributed by atoms with Crippen LogP contribution in [-0.2, 0) is 21.2 Å². The van der Waals surface area contributed by atoms with Gasteiger partial charge < -0.3 is 10.1 Å². The van der Waals surface area contributed by atoms with Crippen molar-refractivity contribution in [1.82, 2.24) is 5.32 Å². The lowest BCUT2D eigenvalue weighted by molar-refractivity contribution is -0.119. The Balaban J connectivity index is 1.89. The van der Waals surface area contributed by atoms with Gasteiger partial charge in [-0.3, -0.25) is 9.10 Å². The number of anilines is 1. The van der Waals surface area contributed by atoms with E-state index in [0.717, 1.165) is 40.3 Å². The maximum Gasteiger partial charge on any atom is 0.240 e. The highest BCUT2D eigenvalue weighted by Gasteiger charge is 2.22. The van der Waals surface area contributed by atoms with E-state index >= 15 is 0 Å². The molecular weight excluding hydrogens is 412 g/mol. The Bertz CT molecular complexity index is 930. The first-order valence-electron chi connectivity index (χ1n) is 9.43. The van der Waals surface area contributed by atoms with Crippen LogP contribution in [0.15, 0.2) is 42.5 Å². The number of rotatable bonds is 10. The summed E-state index contributed by atoms with van der Waals surface area (Å²) in [5, 5.41) is 3.20. The first kappa shape index (κ1) is 23.0. The second kappa shape index (κ2) is 10.5. The minimum atomic E-state index is -3.63. The molecule has 158 valence electrons. The molecule has 6 nitrogen and oxygen atoms in total. The molecule has 0 heterocycles. The molecule has 1 amide bonds. The van der Waals surface area contributed by atoms with Gasteiger partial charge in [-0.2, -0.15) is 0 Å². The molecule has 0 atom stereocenters. The number of carbonyl (C=O) groups excluding carboxylic acids is 1. The molecule has 2 rings (SSSR count). The topological polar surface area (TPSA) is 75.7 Å². The SMILES string of the molecule is CCOc1ccc(CCCNC(=O)CN(c2cc(Cl)ccc2C)S(C)(=O)=O)cc1. The monoisotopic (exact) mass is 438 g/mol. The van der Waals surface area contributed by atoms with Crippen molar-refractivity contribution in [2.45, 2.75) is 26.7 Å².